The second kappa shape index (κ2) is 30.4. The molecule has 1 aliphatic rings. The molecule has 7 amide bonds. The summed E-state index contributed by atoms with van der Waals surface area (Å²) >= 11 is 0. The lowest BCUT2D eigenvalue weighted by atomic mass is 10.0. The van der Waals surface area contributed by atoms with Crippen LogP contribution in [0.3, 0.4) is 0 Å². The lowest BCUT2D eigenvalue weighted by Crippen LogP contribution is -2.58. The first-order valence-electron chi connectivity index (χ1n) is 21.2. The van der Waals surface area contributed by atoms with Crippen molar-refractivity contribution in [3.8, 4) is 0 Å². The fourth-order valence-corrected chi connectivity index (χ4v) is 5.71. The van der Waals surface area contributed by atoms with E-state index in [1.807, 2.05) is 0 Å². The fraction of sp³-hybridized carbons (Fsp3) is 0.619. The number of aliphatic carboxylic acids is 1. The van der Waals surface area contributed by atoms with Crippen LogP contribution in [0.4, 0.5) is 10.5 Å². The molecule has 358 valence electrons. The Balaban J connectivity index is 1.85. The molecule has 0 bridgehead atoms. The molecule has 9 N–H and O–H groups in total. The van der Waals surface area contributed by atoms with Crippen molar-refractivity contribution in [3.63, 3.8) is 0 Å². The van der Waals surface area contributed by atoms with E-state index in [0.29, 0.717) is 31.1 Å². The number of carboxylic acids is 1. The van der Waals surface area contributed by atoms with E-state index < -0.39 is 72.3 Å². The molecule has 1 heterocycles. The van der Waals surface area contributed by atoms with E-state index in [1.165, 1.54) is 17.1 Å². The van der Waals surface area contributed by atoms with Crippen molar-refractivity contribution in [2.45, 2.75) is 90.8 Å². The summed E-state index contributed by atoms with van der Waals surface area (Å²) < 4.78 is 26.9. The minimum atomic E-state index is -1.32. The van der Waals surface area contributed by atoms with Crippen molar-refractivity contribution in [2.75, 3.05) is 71.3 Å². The van der Waals surface area contributed by atoms with Crippen molar-refractivity contribution >= 4 is 53.2 Å². The number of rotatable bonds is 33. The summed E-state index contributed by atoms with van der Waals surface area (Å²) in [5, 5.41) is 31.9. The summed E-state index contributed by atoms with van der Waals surface area (Å²) in [5.41, 5.74) is 6.23. The number of benzene rings is 1. The number of anilines is 1. The minimum absolute atomic E-state index is 0.0281. The molecule has 4 atom stereocenters. The molecular formula is C42H65N7O15. The number of aliphatic hydroxyl groups is 1. The molecule has 0 aromatic heterocycles. The predicted octanol–water partition coefficient (Wildman–Crippen LogP) is -0.0787. The lowest BCUT2D eigenvalue weighted by Gasteiger charge is -2.27. The third-order valence-electron chi connectivity index (χ3n) is 9.30. The predicted molar refractivity (Wildman–Crippen MR) is 229 cm³/mol. The zero-order valence-corrected chi connectivity index (χ0v) is 37.0. The Hall–Kier alpha value is -5.68. The Labute approximate surface area is 372 Å². The van der Waals surface area contributed by atoms with Crippen LogP contribution in [0, 0.1) is 11.8 Å². The van der Waals surface area contributed by atoms with Crippen molar-refractivity contribution in [1.29, 1.82) is 0 Å². The molecular weight excluding hydrogens is 842 g/mol. The summed E-state index contributed by atoms with van der Waals surface area (Å²) in [7, 11) is 0. The number of carboxylic acid groups (broad SMARTS) is 1. The first kappa shape index (κ1) is 54.5. The number of carbonyl (C=O) groups is 8. The van der Waals surface area contributed by atoms with E-state index in [9.17, 15) is 48.6 Å². The van der Waals surface area contributed by atoms with Gasteiger partial charge in [-0.3, -0.25) is 33.6 Å². The van der Waals surface area contributed by atoms with E-state index >= 15 is 0 Å². The van der Waals surface area contributed by atoms with Crippen LogP contribution in [0.5, 0.6) is 0 Å². The molecule has 0 saturated heterocycles. The highest BCUT2D eigenvalue weighted by Crippen LogP contribution is 2.14. The Bertz CT molecular complexity index is 1690. The molecule has 22 nitrogen and oxygen atoms in total. The topological polar surface area (TPSA) is 313 Å². The van der Waals surface area contributed by atoms with Crippen LogP contribution in [0.1, 0.15) is 65.4 Å². The number of urea groups is 1. The summed E-state index contributed by atoms with van der Waals surface area (Å²) in [5.74, 6) is -5.38. The normalized spacial score (nSPS) is 14.8. The maximum absolute atomic E-state index is 13.7. The largest absolute Gasteiger partial charge is 0.481 e. The first-order valence-corrected chi connectivity index (χ1v) is 21.2. The van der Waals surface area contributed by atoms with Gasteiger partial charge in [-0.25, -0.2) is 4.79 Å². The second-order valence-electron chi connectivity index (χ2n) is 15.2. The summed E-state index contributed by atoms with van der Waals surface area (Å²) in [4.78, 5) is 101. The van der Waals surface area contributed by atoms with E-state index in [1.54, 1.807) is 52.0 Å². The molecule has 22 heteroatoms. The number of amides is 7. The van der Waals surface area contributed by atoms with Gasteiger partial charge in [0.1, 0.15) is 31.0 Å². The number of hydrogen-bond acceptors (Lipinski definition) is 14. The third kappa shape index (κ3) is 22.6. The van der Waals surface area contributed by atoms with Crippen LogP contribution in [0.15, 0.2) is 36.4 Å². The van der Waals surface area contributed by atoms with Crippen LogP contribution in [0.25, 0.3) is 0 Å². The Kier molecular flexibility index (Phi) is 25.9. The molecule has 0 aliphatic carbocycles. The van der Waals surface area contributed by atoms with E-state index in [0.717, 1.165) is 0 Å². The number of nitrogens with one attached hydrogen (secondary N) is 5. The maximum Gasteiger partial charge on any atom is 0.312 e. The zero-order valence-electron chi connectivity index (χ0n) is 37.0. The Morgan fingerprint density at radius 3 is 1.89 bits per heavy atom. The van der Waals surface area contributed by atoms with Gasteiger partial charge in [0, 0.05) is 37.7 Å². The van der Waals surface area contributed by atoms with Crippen molar-refractivity contribution in [3.05, 3.63) is 42.0 Å². The zero-order chi connectivity index (χ0) is 47.4. The van der Waals surface area contributed by atoms with Gasteiger partial charge in [0.25, 0.3) is 0 Å². The summed E-state index contributed by atoms with van der Waals surface area (Å²) in [6, 6.07) is 2.10. The van der Waals surface area contributed by atoms with E-state index in [-0.39, 0.29) is 96.2 Å². The highest BCUT2D eigenvalue weighted by atomic mass is 16.6. The molecule has 0 radical (unpaired) electrons. The molecule has 2 rings (SSSR count). The number of aliphatic hydroxyl groups excluding tert-OH is 1. The Morgan fingerprint density at radius 2 is 1.34 bits per heavy atom. The van der Waals surface area contributed by atoms with Crippen LogP contribution in [0.2, 0.25) is 0 Å². The van der Waals surface area contributed by atoms with Crippen molar-refractivity contribution in [1.82, 2.24) is 26.2 Å². The number of carbonyl (C=O) groups excluding carboxylic acids is 7. The van der Waals surface area contributed by atoms with Crippen LogP contribution in [-0.4, -0.2) is 153 Å². The molecule has 0 fully saturated rings. The number of esters is 1. The second-order valence-corrected chi connectivity index (χ2v) is 15.2. The monoisotopic (exact) mass is 907 g/mol. The van der Waals surface area contributed by atoms with Gasteiger partial charge >= 0.3 is 18.0 Å². The Morgan fingerprint density at radius 1 is 0.750 bits per heavy atom. The summed E-state index contributed by atoms with van der Waals surface area (Å²) in [6.45, 7) is 8.91. The van der Waals surface area contributed by atoms with Gasteiger partial charge in [-0.1, -0.05) is 39.8 Å². The van der Waals surface area contributed by atoms with Crippen LogP contribution < -0.4 is 32.3 Å². The van der Waals surface area contributed by atoms with Gasteiger partial charge in [0.05, 0.1) is 58.8 Å². The van der Waals surface area contributed by atoms with Crippen LogP contribution in [-0.2, 0) is 63.9 Å². The number of primary amides is 1. The van der Waals surface area contributed by atoms with Gasteiger partial charge in [-0.15, -0.1) is 0 Å². The highest BCUT2D eigenvalue weighted by molar-refractivity contribution is 5.99. The first-order chi connectivity index (χ1) is 30.5. The van der Waals surface area contributed by atoms with Gasteiger partial charge in [0.15, 0.2) is 0 Å². The quantitative estimate of drug-likeness (QED) is 0.0338. The van der Waals surface area contributed by atoms with Gasteiger partial charge < -0.3 is 71.1 Å². The minimum Gasteiger partial charge on any atom is -0.481 e. The maximum atomic E-state index is 13.7. The van der Waals surface area contributed by atoms with Crippen molar-refractivity contribution in [2.24, 2.45) is 17.6 Å². The number of nitrogens with zero attached hydrogens (tertiary/aromatic N) is 1. The summed E-state index contributed by atoms with van der Waals surface area (Å²) in [6.07, 6.45) is 1.18. The molecule has 1 aromatic carbocycles. The van der Waals surface area contributed by atoms with Gasteiger partial charge in [-0.05, 0) is 49.0 Å². The molecule has 0 saturated carbocycles. The number of hydrogen-bond donors (Lipinski definition) is 8. The van der Waals surface area contributed by atoms with E-state index in [2.05, 4.69) is 26.6 Å². The third-order valence-corrected chi connectivity index (χ3v) is 9.30. The van der Waals surface area contributed by atoms with Gasteiger partial charge in [0.2, 0.25) is 29.5 Å². The molecule has 1 unspecified atom stereocenters. The van der Waals surface area contributed by atoms with Gasteiger partial charge in [-0.2, -0.15) is 0 Å². The standard InChI is InChI=1S/C42H65N7O15/c1-27(2)37(40(57)47-31(6-5-16-44-42(43)59)38(55)45-30-9-7-29(8-10-30)26-64-41(58)28(3)4)48-39(56)32(11-14-36(53)54)46-33(50)15-18-60-20-22-62-24-25-63-23-21-61-19-17-49-34(51)12-13-35(49)52/h7-10,12-13,27-28,31-32,34,37,51H,5-6,11,14-26H2,1-4H3,(H,45,55)(H,46,50)(H,47,57)(H,48,56)(H,53,54)(H3,43,44,59)/t31-,32-,34?,37-/m0/s1. The van der Waals surface area contributed by atoms with Crippen molar-refractivity contribution < 1.29 is 72.3 Å². The smallest absolute Gasteiger partial charge is 0.312 e. The van der Waals surface area contributed by atoms with Crippen LogP contribution >= 0.6 is 0 Å². The number of nitrogens with two attached hydrogens (primary N) is 1. The fourth-order valence-electron chi connectivity index (χ4n) is 5.71. The SMILES string of the molecule is CC(C)C(=O)OCc1ccc(NC(=O)[C@H](CCCNC(N)=O)NC(=O)[C@@H](NC(=O)[C@H](CCC(=O)O)NC(=O)CCOCCOCCOCCOCCN2C(=O)C=CC2O)C(C)C)cc1. The number of ether oxygens (including phenoxy) is 5. The molecule has 64 heavy (non-hydrogen) atoms. The molecule has 0 spiro atoms. The average molecular weight is 908 g/mol. The average Bonchev–Trinajstić information content (AvgIpc) is 3.56. The lowest BCUT2D eigenvalue weighted by molar-refractivity contribution is -0.148. The molecule has 1 aliphatic heterocycles. The molecule has 1 aromatic rings. The van der Waals surface area contributed by atoms with E-state index in [4.69, 9.17) is 29.4 Å². The highest BCUT2D eigenvalue weighted by Gasteiger charge is 2.32.